The van der Waals surface area contributed by atoms with Gasteiger partial charge in [0, 0.05) is 19.6 Å². The number of oxazole rings is 1. The smallest absolute Gasteiger partial charge is 0.315 e. The predicted molar refractivity (Wildman–Crippen MR) is 65.0 cm³/mol. The van der Waals surface area contributed by atoms with Crippen molar-refractivity contribution in [1.29, 1.82) is 0 Å². The first-order chi connectivity index (χ1) is 8.67. The van der Waals surface area contributed by atoms with Gasteiger partial charge in [0.2, 0.25) is 0 Å². The van der Waals surface area contributed by atoms with E-state index in [4.69, 9.17) is 9.15 Å². The van der Waals surface area contributed by atoms with Crippen LogP contribution in [0.1, 0.15) is 31.4 Å². The maximum Gasteiger partial charge on any atom is 0.315 e. The van der Waals surface area contributed by atoms with Gasteiger partial charge in [0.1, 0.15) is 5.76 Å². The fraction of sp³-hybridized carbons (Fsp3) is 0.667. The van der Waals surface area contributed by atoms with Crippen LogP contribution < -0.4 is 10.6 Å². The molecule has 18 heavy (non-hydrogen) atoms. The Morgan fingerprint density at radius 1 is 1.61 bits per heavy atom. The highest BCUT2D eigenvalue weighted by atomic mass is 16.5. The van der Waals surface area contributed by atoms with Gasteiger partial charge in [-0.1, -0.05) is 0 Å². The Kier molecular flexibility index (Phi) is 4.19. The zero-order chi connectivity index (χ0) is 13.0. The van der Waals surface area contributed by atoms with E-state index in [1.807, 2.05) is 6.92 Å². The van der Waals surface area contributed by atoms with Crippen molar-refractivity contribution in [3.8, 4) is 0 Å². The molecule has 6 heteroatoms. The van der Waals surface area contributed by atoms with Gasteiger partial charge in [-0.2, -0.15) is 0 Å². The highest BCUT2D eigenvalue weighted by Crippen LogP contribution is 2.22. The van der Waals surface area contributed by atoms with E-state index in [1.165, 1.54) is 0 Å². The van der Waals surface area contributed by atoms with Crippen LogP contribution >= 0.6 is 0 Å². The fourth-order valence-corrected chi connectivity index (χ4v) is 1.95. The summed E-state index contributed by atoms with van der Waals surface area (Å²) >= 11 is 0. The SMILES string of the molecule is CCOC1CC(NC(=O)NCc2cnc(C)o2)C1. The van der Waals surface area contributed by atoms with Gasteiger partial charge in [-0.15, -0.1) is 0 Å². The average molecular weight is 253 g/mol. The molecule has 1 aliphatic carbocycles. The van der Waals surface area contributed by atoms with Crippen molar-refractivity contribution in [2.75, 3.05) is 6.61 Å². The molecule has 1 aromatic rings. The lowest BCUT2D eigenvalue weighted by molar-refractivity contribution is -0.00710. The third-order valence-corrected chi connectivity index (χ3v) is 2.92. The molecule has 1 aliphatic rings. The zero-order valence-corrected chi connectivity index (χ0v) is 10.7. The van der Waals surface area contributed by atoms with Gasteiger partial charge in [0.25, 0.3) is 0 Å². The first-order valence-corrected chi connectivity index (χ1v) is 6.24. The van der Waals surface area contributed by atoms with Crippen molar-refractivity contribution in [3.63, 3.8) is 0 Å². The second-order valence-electron chi connectivity index (χ2n) is 4.42. The summed E-state index contributed by atoms with van der Waals surface area (Å²) in [6, 6.07) is 0.0435. The quantitative estimate of drug-likeness (QED) is 0.830. The van der Waals surface area contributed by atoms with Crippen LogP contribution in [0.5, 0.6) is 0 Å². The Labute approximate surface area is 106 Å². The van der Waals surface area contributed by atoms with Crippen LogP contribution in [0.2, 0.25) is 0 Å². The molecular weight excluding hydrogens is 234 g/mol. The van der Waals surface area contributed by atoms with Crippen molar-refractivity contribution in [2.45, 2.75) is 45.4 Å². The Morgan fingerprint density at radius 3 is 3.00 bits per heavy atom. The molecule has 0 aliphatic heterocycles. The molecule has 1 heterocycles. The third-order valence-electron chi connectivity index (χ3n) is 2.92. The van der Waals surface area contributed by atoms with Crippen LogP contribution in [-0.2, 0) is 11.3 Å². The number of carbonyl (C=O) groups excluding carboxylic acids is 1. The number of amides is 2. The van der Waals surface area contributed by atoms with Gasteiger partial charge in [0.05, 0.1) is 18.8 Å². The number of aryl methyl sites for hydroxylation is 1. The number of urea groups is 1. The van der Waals surface area contributed by atoms with Crippen LogP contribution in [0.4, 0.5) is 4.79 Å². The fourth-order valence-electron chi connectivity index (χ4n) is 1.95. The third kappa shape index (κ3) is 3.46. The molecule has 0 saturated heterocycles. The Morgan fingerprint density at radius 2 is 2.39 bits per heavy atom. The van der Waals surface area contributed by atoms with E-state index in [0.29, 0.717) is 24.3 Å². The van der Waals surface area contributed by atoms with E-state index >= 15 is 0 Å². The molecule has 2 N–H and O–H groups in total. The summed E-state index contributed by atoms with van der Waals surface area (Å²) in [4.78, 5) is 15.5. The normalized spacial score (nSPS) is 22.3. The summed E-state index contributed by atoms with van der Waals surface area (Å²) < 4.78 is 10.7. The Bertz CT molecular complexity index is 399. The Balaban J connectivity index is 1.62. The zero-order valence-electron chi connectivity index (χ0n) is 10.7. The van der Waals surface area contributed by atoms with E-state index < -0.39 is 0 Å². The van der Waals surface area contributed by atoms with Gasteiger partial charge in [-0.25, -0.2) is 9.78 Å². The van der Waals surface area contributed by atoms with Crippen LogP contribution in [0.15, 0.2) is 10.6 Å². The minimum atomic E-state index is -0.177. The lowest BCUT2D eigenvalue weighted by Crippen LogP contribution is -2.50. The minimum absolute atomic E-state index is 0.177. The monoisotopic (exact) mass is 253 g/mol. The first-order valence-electron chi connectivity index (χ1n) is 6.24. The van der Waals surface area contributed by atoms with Crippen LogP contribution in [-0.4, -0.2) is 29.8 Å². The molecule has 1 saturated carbocycles. The predicted octanol–water partition coefficient (Wildman–Crippen LogP) is 1.35. The van der Waals surface area contributed by atoms with E-state index in [9.17, 15) is 4.79 Å². The molecule has 2 rings (SSSR count). The summed E-state index contributed by atoms with van der Waals surface area (Å²) in [5.41, 5.74) is 0. The maximum atomic E-state index is 11.6. The number of ether oxygens (including phenoxy) is 1. The average Bonchev–Trinajstić information content (AvgIpc) is 2.70. The number of aromatic nitrogens is 1. The molecule has 0 atom stereocenters. The summed E-state index contributed by atoms with van der Waals surface area (Å²) in [6.45, 7) is 4.83. The summed E-state index contributed by atoms with van der Waals surface area (Å²) in [5, 5.41) is 5.62. The largest absolute Gasteiger partial charge is 0.444 e. The van der Waals surface area contributed by atoms with Gasteiger partial charge in [0.15, 0.2) is 5.89 Å². The molecule has 0 spiro atoms. The van der Waals surface area contributed by atoms with Gasteiger partial charge >= 0.3 is 6.03 Å². The summed E-state index contributed by atoms with van der Waals surface area (Å²) in [7, 11) is 0. The van der Waals surface area contributed by atoms with Crippen LogP contribution in [0.25, 0.3) is 0 Å². The lowest BCUT2D eigenvalue weighted by atomic mass is 9.89. The Hall–Kier alpha value is -1.56. The highest BCUT2D eigenvalue weighted by Gasteiger charge is 2.30. The molecule has 0 unspecified atom stereocenters. The van der Waals surface area contributed by atoms with Gasteiger partial charge in [-0.05, 0) is 19.8 Å². The van der Waals surface area contributed by atoms with E-state index in [2.05, 4.69) is 15.6 Å². The summed E-state index contributed by atoms with van der Waals surface area (Å²) in [6.07, 6.45) is 3.70. The second kappa shape index (κ2) is 5.86. The number of rotatable bonds is 5. The van der Waals surface area contributed by atoms with Crippen molar-refractivity contribution in [1.82, 2.24) is 15.6 Å². The molecule has 2 amide bonds. The standard InChI is InChI=1S/C12H19N3O3/c1-3-17-10-4-9(5-10)15-12(16)14-7-11-6-13-8(2)18-11/h6,9-10H,3-5,7H2,1-2H3,(H2,14,15,16). The number of nitrogens with one attached hydrogen (secondary N) is 2. The number of hydrogen-bond donors (Lipinski definition) is 2. The van der Waals surface area contributed by atoms with E-state index in [-0.39, 0.29) is 12.1 Å². The molecule has 1 aromatic heterocycles. The number of nitrogens with zero attached hydrogens (tertiary/aromatic N) is 1. The van der Waals surface area contributed by atoms with Crippen molar-refractivity contribution >= 4 is 6.03 Å². The van der Waals surface area contributed by atoms with Crippen LogP contribution in [0.3, 0.4) is 0 Å². The summed E-state index contributed by atoms with van der Waals surface area (Å²) in [5.74, 6) is 1.26. The van der Waals surface area contributed by atoms with Gasteiger partial charge < -0.3 is 19.8 Å². The number of carbonyl (C=O) groups is 1. The molecule has 0 radical (unpaired) electrons. The number of hydrogen-bond acceptors (Lipinski definition) is 4. The van der Waals surface area contributed by atoms with E-state index in [1.54, 1.807) is 13.1 Å². The molecule has 0 aromatic carbocycles. The van der Waals surface area contributed by atoms with Crippen molar-refractivity contribution < 1.29 is 13.9 Å². The van der Waals surface area contributed by atoms with Crippen LogP contribution in [0, 0.1) is 6.92 Å². The molecule has 0 bridgehead atoms. The molecule has 100 valence electrons. The van der Waals surface area contributed by atoms with Crippen molar-refractivity contribution in [2.24, 2.45) is 0 Å². The first kappa shape index (κ1) is 12.9. The molecule has 6 nitrogen and oxygen atoms in total. The second-order valence-corrected chi connectivity index (χ2v) is 4.42. The topological polar surface area (TPSA) is 76.4 Å². The minimum Gasteiger partial charge on any atom is -0.444 e. The highest BCUT2D eigenvalue weighted by molar-refractivity contribution is 5.74. The lowest BCUT2D eigenvalue weighted by Gasteiger charge is -2.35. The molecule has 1 fully saturated rings. The maximum absolute atomic E-state index is 11.6. The van der Waals surface area contributed by atoms with Crippen molar-refractivity contribution in [3.05, 3.63) is 17.8 Å². The molecular formula is C12H19N3O3. The van der Waals surface area contributed by atoms with Gasteiger partial charge in [-0.3, -0.25) is 0 Å². The van der Waals surface area contributed by atoms with E-state index in [0.717, 1.165) is 19.4 Å².